The number of rotatable bonds is 4. The molecular weight excluding hydrogens is 246 g/mol. The van der Waals surface area contributed by atoms with Crippen LogP contribution < -0.4 is 10.5 Å². The highest BCUT2D eigenvalue weighted by Gasteiger charge is 2.14. The normalized spacial score (nSPS) is 12.2. The molecule has 4 nitrogen and oxygen atoms in total. The molecule has 0 aliphatic rings. The zero-order valence-electron chi connectivity index (χ0n) is 10.3. The highest BCUT2D eigenvalue weighted by Crippen LogP contribution is 2.36. The minimum Gasteiger partial charge on any atom is -0.496 e. The second kappa shape index (κ2) is 5.84. The van der Waals surface area contributed by atoms with Crippen LogP contribution in [0.5, 0.6) is 5.75 Å². The van der Waals surface area contributed by atoms with Gasteiger partial charge in [0.15, 0.2) is 0 Å². The van der Waals surface area contributed by atoms with Gasteiger partial charge < -0.3 is 10.5 Å². The maximum absolute atomic E-state index is 6.02. The number of nitrogens with zero attached hydrogens (tertiary/aromatic N) is 2. The molecule has 0 saturated carbocycles. The molecule has 1 atom stereocenters. The third-order valence-corrected chi connectivity index (χ3v) is 3.45. The lowest BCUT2D eigenvalue weighted by Crippen LogP contribution is -2.08. The van der Waals surface area contributed by atoms with Crippen LogP contribution in [0.25, 0.3) is 0 Å². The molecule has 0 saturated heterocycles. The van der Waals surface area contributed by atoms with E-state index in [-0.39, 0.29) is 6.04 Å². The van der Waals surface area contributed by atoms with Crippen LogP contribution in [0.1, 0.15) is 18.5 Å². The first-order valence-electron chi connectivity index (χ1n) is 5.58. The van der Waals surface area contributed by atoms with Gasteiger partial charge in [0.1, 0.15) is 10.8 Å². The van der Waals surface area contributed by atoms with Crippen LogP contribution in [0.2, 0.25) is 0 Å². The molecule has 0 bridgehead atoms. The lowest BCUT2D eigenvalue weighted by Gasteiger charge is -2.15. The third kappa shape index (κ3) is 2.80. The molecule has 2 aromatic rings. The van der Waals surface area contributed by atoms with Crippen molar-refractivity contribution < 1.29 is 4.74 Å². The van der Waals surface area contributed by atoms with Crippen LogP contribution in [0.3, 0.4) is 0 Å². The Kier molecular flexibility index (Phi) is 4.17. The van der Waals surface area contributed by atoms with Crippen molar-refractivity contribution in [3.05, 3.63) is 42.4 Å². The fraction of sp³-hybridized carbons (Fsp3) is 0.231. The second-order valence-electron chi connectivity index (χ2n) is 3.81. The molecule has 1 aromatic carbocycles. The molecule has 18 heavy (non-hydrogen) atoms. The van der Waals surface area contributed by atoms with E-state index in [0.29, 0.717) is 0 Å². The van der Waals surface area contributed by atoms with Crippen molar-refractivity contribution in [1.82, 2.24) is 9.97 Å². The summed E-state index contributed by atoms with van der Waals surface area (Å²) in [5.41, 5.74) is 7.01. The lowest BCUT2D eigenvalue weighted by molar-refractivity contribution is 0.405. The highest BCUT2D eigenvalue weighted by molar-refractivity contribution is 7.99. The number of nitrogens with two attached hydrogens (primary N) is 1. The van der Waals surface area contributed by atoms with Gasteiger partial charge in [-0.1, -0.05) is 17.8 Å². The lowest BCUT2D eigenvalue weighted by atomic mass is 10.1. The van der Waals surface area contributed by atoms with E-state index in [1.54, 1.807) is 25.7 Å². The van der Waals surface area contributed by atoms with E-state index in [9.17, 15) is 0 Å². The number of ether oxygens (including phenoxy) is 1. The average molecular weight is 261 g/mol. The van der Waals surface area contributed by atoms with Gasteiger partial charge in [-0.25, -0.2) is 4.98 Å². The van der Waals surface area contributed by atoms with Crippen molar-refractivity contribution in [1.29, 1.82) is 0 Å². The smallest absolute Gasteiger partial charge is 0.124 e. The van der Waals surface area contributed by atoms with Crippen molar-refractivity contribution in [3.8, 4) is 5.75 Å². The Bertz CT molecular complexity index is 517. The number of aromatic nitrogens is 2. The number of hydrogen-bond acceptors (Lipinski definition) is 5. The van der Waals surface area contributed by atoms with E-state index in [1.165, 1.54) is 11.8 Å². The van der Waals surface area contributed by atoms with E-state index in [4.69, 9.17) is 10.5 Å². The summed E-state index contributed by atoms with van der Waals surface area (Å²) < 4.78 is 5.36. The summed E-state index contributed by atoms with van der Waals surface area (Å²) in [6.07, 6.45) is 5.06. The van der Waals surface area contributed by atoms with Crippen LogP contribution in [-0.4, -0.2) is 17.1 Å². The van der Waals surface area contributed by atoms with Gasteiger partial charge in [0.2, 0.25) is 0 Å². The summed E-state index contributed by atoms with van der Waals surface area (Å²) in [5, 5.41) is 0.840. The molecule has 2 rings (SSSR count). The van der Waals surface area contributed by atoms with Crippen LogP contribution in [-0.2, 0) is 0 Å². The predicted molar refractivity (Wildman–Crippen MR) is 71.8 cm³/mol. The summed E-state index contributed by atoms with van der Waals surface area (Å²) in [6, 6.07) is 5.78. The van der Waals surface area contributed by atoms with Crippen LogP contribution >= 0.6 is 11.8 Å². The standard InChI is InChI=1S/C13H15N3OS/c1-9(14)13-10(17-2)4-3-5-11(13)18-12-8-15-6-7-16-12/h3-9H,14H2,1-2H3. The molecule has 0 aliphatic heterocycles. The minimum absolute atomic E-state index is 0.0969. The molecule has 5 heteroatoms. The topological polar surface area (TPSA) is 61.0 Å². The molecular formula is C13H15N3OS. The van der Waals surface area contributed by atoms with E-state index >= 15 is 0 Å². The molecule has 0 spiro atoms. The van der Waals surface area contributed by atoms with E-state index in [1.807, 2.05) is 25.1 Å². The molecule has 0 amide bonds. The molecule has 2 N–H and O–H groups in total. The second-order valence-corrected chi connectivity index (χ2v) is 4.87. The number of hydrogen-bond donors (Lipinski definition) is 1. The Morgan fingerprint density at radius 3 is 2.78 bits per heavy atom. The van der Waals surface area contributed by atoms with Gasteiger partial charge in [0.05, 0.1) is 13.3 Å². The summed E-state index contributed by atoms with van der Waals surface area (Å²) in [5.74, 6) is 0.805. The molecule has 0 radical (unpaired) electrons. The predicted octanol–water partition coefficient (Wildman–Crippen LogP) is 2.66. The fourth-order valence-corrected chi connectivity index (χ4v) is 2.69. The molecule has 1 heterocycles. The maximum Gasteiger partial charge on any atom is 0.124 e. The SMILES string of the molecule is COc1cccc(Sc2cnccn2)c1C(C)N. The Morgan fingerprint density at radius 1 is 1.33 bits per heavy atom. The van der Waals surface area contributed by atoms with Crippen LogP contribution in [0.4, 0.5) is 0 Å². The first kappa shape index (κ1) is 12.9. The van der Waals surface area contributed by atoms with Gasteiger partial charge >= 0.3 is 0 Å². The van der Waals surface area contributed by atoms with Crippen molar-refractivity contribution in [2.75, 3.05) is 7.11 Å². The summed E-state index contributed by atoms with van der Waals surface area (Å²) in [6.45, 7) is 1.94. The van der Waals surface area contributed by atoms with E-state index < -0.39 is 0 Å². The zero-order valence-corrected chi connectivity index (χ0v) is 11.1. The zero-order chi connectivity index (χ0) is 13.0. The van der Waals surface area contributed by atoms with E-state index in [2.05, 4.69) is 9.97 Å². The van der Waals surface area contributed by atoms with Crippen LogP contribution in [0, 0.1) is 0 Å². The van der Waals surface area contributed by atoms with E-state index in [0.717, 1.165) is 21.2 Å². The third-order valence-electron chi connectivity index (χ3n) is 2.46. The van der Waals surface area contributed by atoms with Gasteiger partial charge in [-0.05, 0) is 19.1 Å². The van der Waals surface area contributed by atoms with Crippen molar-refractivity contribution >= 4 is 11.8 Å². The Hall–Kier alpha value is -1.59. The first-order valence-corrected chi connectivity index (χ1v) is 6.40. The first-order chi connectivity index (χ1) is 8.72. The van der Waals surface area contributed by atoms with Crippen molar-refractivity contribution in [2.45, 2.75) is 22.9 Å². The number of benzene rings is 1. The van der Waals surface area contributed by atoms with Gasteiger partial charge in [0.25, 0.3) is 0 Å². The molecule has 0 fully saturated rings. The van der Waals surface area contributed by atoms with Gasteiger partial charge in [-0.2, -0.15) is 0 Å². The van der Waals surface area contributed by atoms with Crippen molar-refractivity contribution in [3.63, 3.8) is 0 Å². The summed E-state index contributed by atoms with van der Waals surface area (Å²) >= 11 is 1.54. The molecule has 94 valence electrons. The fourth-order valence-electron chi connectivity index (χ4n) is 1.69. The molecule has 1 unspecified atom stereocenters. The average Bonchev–Trinajstić information content (AvgIpc) is 2.39. The molecule has 0 aliphatic carbocycles. The Morgan fingerprint density at radius 2 is 2.17 bits per heavy atom. The minimum atomic E-state index is -0.0969. The van der Waals surface area contributed by atoms with Gasteiger partial charge in [-0.3, -0.25) is 4.98 Å². The summed E-state index contributed by atoms with van der Waals surface area (Å²) in [4.78, 5) is 9.35. The highest BCUT2D eigenvalue weighted by atomic mass is 32.2. The quantitative estimate of drug-likeness (QED) is 0.916. The Labute approximate surface area is 111 Å². The van der Waals surface area contributed by atoms with Crippen molar-refractivity contribution in [2.24, 2.45) is 5.73 Å². The summed E-state index contributed by atoms with van der Waals surface area (Å²) in [7, 11) is 1.65. The Balaban J connectivity index is 2.38. The largest absolute Gasteiger partial charge is 0.496 e. The monoisotopic (exact) mass is 261 g/mol. The number of methoxy groups -OCH3 is 1. The van der Waals surface area contributed by atoms with Crippen LogP contribution in [0.15, 0.2) is 46.7 Å². The maximum atomic E-state index is 6.02. The van der Waals surface area contributed by atoms with Gasteiger partial charge in [0, 0.05) is 28.9 Å². The van der Waals surface area contributed by atoms with Gasteiger partial charge in [-0.15, -0.1) is 0 Å². The molecule has 1 aromatic heterocycles.